The van der Waals surface area contributed by atoms with Gasteiger partial charge in [-0.1, -0.05) is 30.3 Å². The van der Waals surface area contributed by atoms with Gasteiger partial charge in [0.1, 0.15) is 0 Å². The molecule has 1 fully saturated rings. The van der Waals surface area contributed by atoms with Crippen LogP contribution in [-0.2, 0) is 11.3 Å². The first kappa shape index (κ1) is 24.5. The normalized spacial score (nSPS) is 15.5. The minimum atomic E-state index is -0.0874. The predicted molar refractivity (Wildman–Crippen MR) is 138 cm³/mol. The molecule has 2 heterocycles. The molecule has 1 saturated heterocycles. The molecular formula is C28H34N4O3. The molecule has 1 aliphatic rings. The van der Waals surface area contributed by atoms with Gasteiger partial charge in [-0.3, -0.25) is 4.79 Å². The highest BCUT2D eigenvalue weighted by Crippen LogP contribution is 2.29. The highest BCUT2D eigenvalue weighted by Gasteiger charge is 2.26. The summed E-state index contributed by atoms with van der Waals surface area (Å²) in [6, 6.07) is 18.0. The quantitative estimate of drug-likeness (QED) is 0.481. The summed E-state index contributed by atoms with van der Waals surface area (Å²) >= 11 is 0. The van der Waals surface area contributed by atoms with Crippen molar-refractivity contribution >= 4 is 11.7 Å². The second-order valence-electron chi connectivity index (χ2n) is 8.74. The molecule has 0 bridgehead atoms. The van der Waals surface area contributed by atoms with E-state index in [1.165, 1.54) is 5.56 Å². The topological polar surface area (TPSA) is 76.6 Å². The maximum atomic E-state index is 13.0. The zero-order chi connectivity index (χ0) is 24.6. The number of piperidine rings is 1. The number of aromatic nitrogens is 2. The first-order valence-corrected chi connectivity index (χ1v) is 12.4. The summed E-state index contributed by atoms with van der Waals surface area (Å²) in [6.07, 6.45) is 1.81. The van der Waals surface area contributed by atoms with Crippen LogP contribution in [0.3, 0.4) is 0 Å². The molecular weight excluding hydrogens is 440 g/mol. The van der Waals surface area contributed by atoms with Gasteiger partial charge in [-0.15, -0.1) is 10.2 Å². The van der Waals surface area contributed by atoms with Crippen LogP contribution in [0.15, 0.2) is 54.6 Å². The molecule has 2 aromatic carbocycles. The average Bonchev–Trinajstić information content (AvgIpc) is 2.89. The van der Waals surface area contributed by atoms with Crippen LogP contribution in [0.25, 0.3) is 11.3 Å². The molecule has 7 nitrogen and oxygen atoms in total. The third-order valence-corrected chi connectivity index (χ3v) is 6.26. The Balaban J connectivity index is 1.36. The molecule has 1 atom stereocenters. The van der Waals surface area contributed by atoms with Gasteiger partial charge in [0.05, 0.1) is 24.8 Å². The van der Waals surface area contributed by atoms with Gasteiger partial charge in [-0.2, -0.15) is 0 Å². The van der Waals surface area contributed by atoms with E-state index in [2.05, 4.69) is 39.5 Å². The average molecular weight is 475 g/mol. The van der Waals surface area contributed by atoms with Crippen LogP contribution in [0.5, 0.6) is 11.5 Å². The van der Waals surface area contributed by atoms with Gasteiger partial charge in [-0.25, -0.2) is 0 Å². The molecule has 4 rings (SSSR count). The number of nitrogens with zero attached hydrogens (tertiary/aromatic N) is 3. The predicted octanol–water partition coefficient (Wildman–Crippen LogP) is 4.78. The summed E-state index contributed by atoms with van der Waals surface area (Å²) in [4.78, 5) is 15.1. The van der Waals surface area contributed by atoms with Crippen molar-refractivity contribution in [1.29, 1.82) is 0 Å². The van der Waals surface area contributed by atoms with E-state index in [9.17, 15) is 4.79 Å². The molecule has 0 radical (unpaired) electrons. The summed E-state index contributed by atoms with van der Waals surface area (Å²) in [5, 5.41) is 12.0. The van der Waals surface area contributed by atoms with Gasteiger partial charge in [0.2, 0.25) is 5.91 Å². The maximum Gasteiger partial charge on any atom is 0.225 e. The van der Waals surface area contributed by atoms with E-state index >= 15 is 0 Å². The van der Waals surface area contributed by atoms with Crippen LogP contribution in [0.2, 0.25) is 0 Å². The number of rotatable bonds is 9. The Morgan fingerprint density at radius 1 is 1.03 bits per heavy atom. The first-order valence-electron chi connectivity index (χ1n) is 12.4. The lowest BCUT2D eigenvalue weighted by molar-refractivity contribution is -0.125. The van der Waals surface area contributed by atoms with E-state index in [1.807, 2.05) is 56.3 Å². The molecule has 1 unspecified atom stereocenters. The van der Waals surface area contributed by atoms with Crippen molar-refractivity contribution in [3.05, 3.63) is 65.7 Å². The maximum absolute atomic E-state index is 13.0. The molecule has 1 aliphatic heterocycles. The van der Waals surface area contributed by atoms with Crippen LogP contribution >= 0.6 is 0 Å². The van der Waals surface area contributed by atoms with Crippen LogP contribution in [0.1, 0.15) is 37.8 Å². The third-order valence-electron chi connectivity index (χ3n) is 6.26. The molecule has 1 aromatic heterocycles. The summed E-state index contributed by atoms with van der Waals surface area (Å²) in [7, 11) is 0. The molecule has 0 aliphatic carbocycles. The lowest BCUT2D eigenvalue weighted by Gasteiger charge is -2.32. The highest BCUT2D eigenvalue weighted by molar-refractivity contribution is 5.79. The lowest BCUT2D eigenvalue weighted by atomic mass is 9.97. The number of hydrogen-bond donors (Lipinski definition) is 1. The molecule has 1 amide bonds. The number of carbonyl (C=O) groups excluding carboxylic acids is 1. The SMILES string of the molecule is CCOc1ccc(CNC(=O)C2CCCN(c3ccc(-c4ccccc4C)nn3)C2)cc1OCC. The Labute approximate surface area is 207 Å². The fourth-order valence-corrected chi connectivity index (χ4v) is 4.44. The van der Waals surface area contributed by atoms with E-state index in [0.717, 1.165) is 47.8 Å². The van der Waals surface area contributed by atoms with Crippen molar-refractivity contribution in [1.82, 2.24) is 15.5 Å². The Bertz CT molecular complexity index is 1130. The van der Waals surface area contributed by atoms with Crippen molar-refractivity contribution in [3.8, 4) is 22.8 Å². The Morgan fingerprint density at radius 2 is 1.83 bits per heavy atom. The fourth-order valence-electron chi connectivity index (χ4n) is 4.44. The standard InChI is InChI=1S/C28H34N4O3/c1-4-34-25-14-12-21(17-26(25)35-5-2)18-29-28(33)22-10-8-16-32(19-22)27-15-13-24(30-31-27)23-11-7-6-9-20(23)3/h6-7,9,11-15,17,22H,4-5,8,10,16,18-19H2,1-3H3,(H,29,33). The first-order chi connectivity index (χ1) is 17.1. The molecule has 1 N–H and O–H groups in total. The summed E-state index contributed by atoms with van der Waals surface area (Å²) in [5.41, 5.74) is 4.10. The molecule has 7 heteroatoms. The van der Waals surface area contributed by atoms with Gasteiger partial charge in [-0.05, 0) is 69.0 Å². The molecule has 35 heavy (non-hydrogen) atoms. The number of amides is 1. The minimum Gasteiger partial charge on any atom is -0.490 e. The zero-order valence-corrected chi connectivity index (χ0v) is 20.8. The Hall–Kier alpha value is -3.61. The van der Waals surface area contributed by atoms with E-state index < -0.39 is 0 Å². The van der Waals surface area contributed by atoms with E-state index in [1.54, 1.807) is 0 Å². The Kier molecular flexibility index (Phi) is 8.19. The number of ether oxygens (including phenoxy) is 2. The lowest BCUT2D eigenvalue weighted by Crippen LogP contribution is -2.43. The monoisotopic (exact) mass is 474 g/mol. The van der Waals surface area contributed by atoms with Crippen molar-refractivity contribution in [3.63, 3.8) is 0 Å². The molecule has 0 spiro atoms. The van der Waals surface area contributed by atoms with Crippen molar-refractivity contribution < 1.29 is 14.3 Å². The number of hydrogen-bond acceptors (Lipinski definition) is 6. The van der Waals surface area contributed by atoms with E-state index in [-0.39, 0.29) is 11.8 Å². The third kappa shape index (κ3) is 6.10. The zero-order valence-electron chi connectivity index (χ0n) is 20.8. The van der Waals surface area contributed by atoms with E-state index in [0.29, 0.717) is 32.1 Å². The van der Waals surface area contributed by atoms with Gasteiger partial charge < -0.3 is 19.7 Å². The number of nitrogens with one attached hydrogen (secondary N) is 1. The van der Waals surface area contributed by atoms with Crippen LogP contribution in [0.4, 0.5) is 5.82 Å². The Morgan fingerprint density at radius 3 is 2.57 bits per heavy atom. The summed E-state index contributed by atoms with van der Waals surface area (Å²) in [5.74, 6) is 2.22. The van der Waals surface area contributed by atoms with Gasteiger partial charge >= 0.3 is 0 Å². The molecule has 0 saturated carbocycles. The molecule has 184 valence electrons. The minimum absolute atomic E-state index is 0.0611. The van der Waals surface area contributed by atoms with Gasteiger partial charge in [0.25, 0.3) is 0 Å². The van der Waals surface area contributed by atoms with Crippen LogP contribution in [0, 0.1) is 12.8 Å². The molecule has 3 aromatic rings. The van der Waals surface area contributed by atoms with Crippen molar-refractivity contribution in [2.24, 2.45) is 5.92 Å². The number of benzene rings is 2. The fraction of sp³-hybridized carbons (Fsp3) is 0.393. The van der Waals surface area contributed by atoms with Crippen molar-refractivity contribution in [2.75, 3.05) is 31.2 Å². The second-order valence-corrected chi connectivity index (χ2v) is 8.74. The largest absolute Gasteiger partial charge is 0.490 e. The highest BCUT2D eigenvalue weighted by atomic mass is 16.5. The van der Waals surface area contributed by atoms with Crippen molar-refractivity contribution in [2.45, 2.75) is 40.2 Å². The summed E-state index contributed by atoms with van der Waals surface area (Å²) < 4.78 is 11.3. The smallest absolute Gasteiger partial charge is 0.225 e. The van der Waals surface area contributed by atoms with Crippen LogP contribution < -0.4 is 19.7 Å². The number of aryl methyl sites for hydroxylation is 1. The van der Waals surface area contributed by atoms with Gasteiger partial charge in [0, 0.05) is 25.2 Å². The van der Waals surface area contributed by atoms with Gasteiger partial charge in [0.15, 0.2) is 17.3 Å². The van der Waals surface area contributed by atoms with E-state index in [4.69, 9.17) is 9.47 Å². The van der Waals surface area contributed by atoms with Crippen LogP contribution in [-0.4, -0.2) is 42.4 Å². The second kappa shape index (κ2) is 11.7. The summed E-state index contributed by atoms with van der Waals surface area (Å²) in [6.45, 7) is 9.06. The number of anilines is 1. The number of carbonyl (C=O) groups is 1.